The third kappa shape index (κ3) is 6.05. The number of aliphatic hydroxyl groups is 1. The standard InChI is InChI=1S/C18H29N5O7/c19-18(20)21-5-1-2-9-6-10-7-11(24)8-13(23(10)16(9)28)15(27)22-12(17(29)30)3-4-14(25)26/h9-13,24H,1-8H2,(H,22,27)(H,25,26)(H,29,30)(H4,19,20,21)/t9-,10-,11+,12+,13+/m1/s1. The van der Waals surface area contributed by atoms with Crippen molar-refractivity contribution in [2.75, 3.05) is 6.54 Å². The molecule has 30 heavy (non-hydrogen) atoms. The fraction of sp³-hybridized carbons (Fsp3) is 0.722. The molecule has 0 aromatic heterocycles. The van der Waals surface area contributed by atoms with Crippen LogP contribution in [0.2, 0.25) is 0 Å². The molecule has 2 saturated heterocycles. The van der Waals surface area contributed by atoms with Crippen LogP contribution in [0, 0.1) is 5.92 Å². The minimum atomic E-state index is -1.39. The molecule has 2 heterocycles. The van der Waals surface area contributed by atoms with Crippen LogP contribution in [0.4, 0.5) is 0 Å². The van der Waals surface area contributed by atoms with Crippen LogP contribution in [0.1, 0.15) is 44.9 Å². The summed E-state index contributed by atoms with van der Waals surface area (Å²) in [7, 11) is 0. The van der Waals surface area contributed by atoms with Gasteiger partial charge in [0.15, 0.2) is 5.96 Å². The fourth-order valence-corrected chi connectivity index (χ4v) is 4.15. The molecule has 0 aromatic rings. The van der Waals surface area contributed by atoms with Crippen LogP contribution in [-0.4, -0.2) is 80.7 Å². The number of aliphatic imine (C=N–C) groups is 1. The normalized spacial score (nSPS) is 26.6. The first kappa shape index (κ1) is 23.4. The first-order valence-corrected chi connectivity index (χ1v) is 9.90. The van der Waals surface area contributed by atoms with Gasteiger partial charge in [0.1, 0.15) is 12.1 Å². The highest BCUT2D eigenvalue weighted by molar-refractivity contribution is 5.92. The molecule has 12 nitrogen and oxygen atoms in total. The van der Waals surface area contributed by atoms with Gasteiger partial charge in [-0.1, -0.05) is 0 Å². The molecule has 0 unspecified atom stereocenters. The molecule has 0 bridgehead atoms. The zero-order valence-electron chi connectivity index (χ0n) is 16.6. The van der Waals surface area contributed by atoms with Gasteiger partial charge >= 0.3 is 11.9 Å². The molecule has 0 spiro atoms. The Hall–Kier alpha value is -2.89. The van der Waals surface area contributed by atoms with E-state index < -0.39 is 42.5 Å². The van der Waals surface area contributed by atoms with Crippen molar-refractivity contribution in [1.29, 1.82) is 0 Å². The largest absolute Gasteiger partial charge is 0.481 e. The van der Waals surface area contributed by atoms with Gasteiger partial charge in [-0.05, 0) is 32.1 Å². The number of hydrogen-bond donors (Lipinski definition) is 6. The molecule has 2 aliphatic rings. The number of hydrogen-bond acceptors (Lipinski definition) is 6. The third-order valence-corrected chi connectivity index (χ3v) is 5.50. The molecule has 0 saturated carbocycles. The van der Waals surface area contributed by atoms with Gasteiger partial charge < -0.3 is 37.0 Å². The molecule has 0 aliphatic carbocycles. The minimum Gasteiger partial charge on any atom is -0.481 e. The highest BCUT2D eigenvalue weighted by Gasteiger charge is 2.49. The second-order valence-corrected chi connectivity index (χ2v) is 7.75. The number of carboxylic acid groups (broad SMARTS) is 2. The first-order chi connectivity index (χ1) is 14.1. The van der Waals surface area contributed by atoms with Gasteiger partial charge in [0.25, 0.3) is 0 Å². The lowest BCUT2D eigenvalue weighted by Gasteiger charge is -2.39. The van der Waals surface area contributed by atoms with Gasteiger partial charge in [0, 0.05) is 31.3 Å². The van der Waals surface area contributed by atoms with Gasteiger partial charge in [-0.2, -0.15) is 0 Å². The van der Waals surface area contributed by atoms with Gasteiger partial charge in [-0.3, -0.25) is 19.4 Å². The van der Waals surface area contributed by atoms with E-state index in [0.29, 0.717) is 32.2 Å². The number of fused-ring (bicyclic) bond motifs is 1. The summed E-state index contributed by atoms with van der Waals surface area (Å²) in [6.07, 6.45) is 0.458. The Morgan fingerprint density at radius 3 is 2.50 bits per heavy atom. The average Bonchev–Trinajstić information content (AvgIpc) is 2.96. The number of guanidine groups is 1. The lowest BCUT2D eigenvalue weighted by Crippen LogP contribution is -2.58. The fourth-order valence-electron chi connectivity index (χ4n) is 4.15. The molecule has 0 aromatic carbocycles. The summed E-state index contributed by atoms with van der Waals surface area (Å²) in [5, 5.41) is 30.5. The molecular formula is C18H29N5O7. The number of aliphatic hydroxyl groups excluding tert-OH is 1. The van der Waals surface area contributed by atoms with E-state index in [-0.39, 0.29) is 36.7 Å². The summed E-state index contributed by atoms with van der Waals surface area (Å²) in [6.45, 7) is 0.382. The van der Waals surface area contributed by atoms with Crippen molar-refractivity contribution in [2.45, 2.75) is 69.2 Å². The molecular weight excluding hydrogens is 398 g/mol. The SMILES string of the molecule is NC(N)=NCCC[C@@H]1C[C@@H]2C[C@H](O)C[C@@H](C(=O)N[C@@H](CCC(=O)O)C(=O)O)N2C1=O. The molecule has 2 rings (SSSR count). The van der Waals surface area contributed by atoms with Gasteiger partial charge in [0.05, 0.1) is 6.10 Å². The number of piperidine rings is 1. The number of amides is 2. The van der Waals surface area contributed by atoms with Crippen LogP contribution < -0.4 is 16.8 Å². The summed E-state index contributed by atoms with van der Waals surface area (Å²) >= 11 is 0. The summed E-state index contributed by atoms with van der Waals surface area (Å²) < 4.78 is 0. The first-order valence-electron chi connectivity index (χ1n) is 9.90. The maximum atomic E-state index is 12.9. The Balaban J connectivity index is 2.05. The maximum Gasteiger partial charge on any atom is 0.326 e. The summed E-state index contributed by atoms with van der Waals surface area (Å²) in [4.78, 5) is 53.1. The van der Waals surface area contributed by atoms with E-state index in [4.69, 9.17) is 16.6 Å². The second-order valence-electron chi connectivity index (χ2n) is 7.75. The van der Waals surface area contributed by atoms with Crippen LogP contribution in [0.15, 0.2) is 4.99 Å². The van der Waals surface area contributed by atoms with E-state index in [2.05, 4.69) is 10.3 Å². The Bertz CT molecular complexity index is 709. The number of carbonyl (C=O) groups excluding carboxylic acids is 2. The van der Waals surface area contributed by atoms with Crippen LogP contribution >= 0.6 is 0 Å². The molecule has 2 aliphatic heterocycles. The van der Waals surface area contributed by atoms with Crippen LogP contribution in [0.25, 0.3) is 0 Å². The Labute approximate surface area is 173 Å². The van der Waals surface area contributed by atoms with Crippen molar-refractivity contribution in [3.05, 3.63) is 0 Å². The molecule has 8 N–H and O–H groups in total. The number of nitrogens with two attached hydrogens (primary N) is 2. The van der Waals surface area contributed by atoms with Gasteiger partial charge in [-0.25, -0.2) is 4.79 Å². The number of carbonyl (C=O) groups is 4. The van der Waals surface area contributed by atoms with E-state index in [1.54, 1.807) is 0 Å². The van der Waals surface area contributed by atoms with Gasteiger partial charge in [-0.15, -0.1) is 0 Å². The minimum absolute atomic E-state index is 0.0000629. The zero-order chi connectivity index (χ0) is 22.4. The van der Waals surface area contributed by atoms with Crippen LogP contribution in [-0.2, 0) is 19.2 Å². The van der Waals surface area contributed by atoms with Crippen molar-refractivity contribution in [1.82, 2.24) is 10.2 Å². The van der Waals surface area contributed by atoms with E-state index in [0.717, 1.165) is 0 Å². The van der Waals surface area contributed by atoms with Crippen molar-refractivity contribution in [2.24, 2.45) is 22.4 Å². The van der Waals surface area contributed by atoms with Crippen molar-refractivity contribution in [3.8, 4) is 0 Å². The smallest absolute Gasteiger partial charge is 0.326 e. The summed E-state index contributed by atoms with van der Waals surface area (Å²) in [5.74, 6) is -3.81. The Morgan fingerprint density at radius 1 is 1.20 bits per heavy atom. The lowest BCUT2D eigenvalue weighted by molar-refractivity contribution is -0.148. The van der Waals surface area contributed by atoms with Crippen LogP contribution in [0.3, 0.4) is 0 Å². The molecule has 12 heteroatoms. The predicted molar refractivity (Wildman–Crippen MR) is 104 cm³/mol. The highest BCUT2D eigenvalue weighted by Crippen LogP contribution is 2.37. The van der Waals surface area contributed by atoms with Crippen molar-refractivity contribution in [3.63, 3.8) is 0 Å². The quantitative estimate of drug-likeness (QED) is 0.132. The second kappa shape index (κ2) is 10.2. The number of nitrogens with one attached hydrogen (secondary N) is 1. The maximum absolute atomic E-state index is 12.9. The van der Waals surface area contributed by atoms with Crippen LogP contribution in [0.5, 0.6) is 0 Å². The van der Waals surface area contributed by atoms with Gasteiger partial charge in [0.2, 0.25) is 11.8 Å². The molecule has 0 radical (unpaired) electrons. The zero-order valence-corrected chi connectivity index (χ0v) is 16.6. The van der Waals surface area contributed by atoms with E-state index >= 15 is 0 Å². The Morgan fingerprint density at radius 2 is 1.90 bits per heavy atom. The van der Waals surface area contributed by atoms with Crippen molar-refractivity contribution >= 4 is 29.7 Å². The monoisotopic (exact) mass is 427 g/mol. The molecule has 5 atom stereocenters. The number of aliphatic carboxylic acids is 2. The number of nitrogens with zero attached hydrogens (tertiary/aromatic N) is 2. The average molecular weight is 427 g/mol. The highest BCUT2D eigenvalue weighted by atomic mass is 16.4. The molecule has 168 valence electrons. The predicted octanol–water partition coefficient (Wildman–Crippen LogP) is -1.79. The van der Waals surface area contributed by atoms with E-state index in [9.17, 15) is 29.4 Å². The number of carboxylic acids is 2. The summed E-state index contributed by atoms with van der Waals surface area (Å²) in [6, 6.07) is -2.70. The topological polar surface area (TPSA) is 209 Å². The number of rotatable bonds is 10. The summed E-state index contributed by atoms with van der Waals surface area (Å²) in [5.41, 5.74) is 10.6. The van der Waals surface area contributed by atoms with E-state index in [1.165, 1.54) is 4.90 Å². The molecule has 2 amide bonds. The third-order valence-electron chi connectivity index (χ3n) is 5.50. The van der Waals surface area contributed by atoms with Crippen molar-refractivity contribution < 1.29 is 34.5 Å². The molecule has 2 fully saturated rings. The Kier molecular flexibility index (Phi) is 7.98. The lowest BCUT2D eigenvalue weighted by atomic mass is 9.92. The van der Waals surface area contributed by atoms with E-state index in [1.807, 2.05) is 0 Å².